The topological polar surface area (TPSA) is 48.3 Å². The summed E-state index contributed by atoms with van der Waals surface area (Å²) in [4.78, 5) is 2.33. The molecule has 1 N–H and O–H groups in total. The molecule has 2 unspecified atom stereocenters. The van der Waals surface area contributed by atoms with Gasteiger partial charge in [0, 0.05) is 36.9 Å². The van der Waals surface area contributed by atoms with E-state index >= 15 is 0 Å². The van der Waals surface area contributed by atoms with Gasteiger partial charge in [0.15, 0.2) is 0 Å². The Morgan fingerprint density at radius 1 is 1.56 bits per heavy atom. The molecule has 96 valence electrons. The number of nitriles is 1. The van der Waals surface area contributed by atoms with E-state index in [2.05, 4.69) is 29.3 Å². The van der Waals surface area contributed by atoms with Crippen LogP contribution in [0.2, 0.25) is 0 Å². The number of methoxy groups -OCH3 is 1. The van der Waals surface area contributed by atoms with Crippen molar-refractivity contribution in [3.8, 4) is 11.8 Å². The Bertz CT molecular complexity index is 441. The van der Waals surface area contributed by atoms with Gasteiger partial charge in [-0.25, -0.2) is 0 Å². The van der Waals surface area contributed by atoms with Gasteiger partial charge in [0.2, 0.25) is 0 Å². The maximum atomic E-state index is 8.79. The SMILES string of the molecule is COc1cccc(N2CC(CC#N)NCC2C)c1. The fraction of sp³-hybridized carbons (Fsp3) is 0.500. The number of anilines is 1. The summed E-state index contributed by atoms with van der Waals surface area (Å²) in [5, 5.41) is 12.2. The van der Waals surface area contributed by atoms with Crippen LogP contribution in [0, 0.1) is 11.3 Å². The lowest BCUT2D eigenvalue weighted by Gasteiger charge is -2.39. The largest absolute Gasteiger partial charge is 0.497 e. The highest BCUT2D eigenvalue weighted by atomic mass is 16.5. The third-order valence-corrected chi connectivity index (χ3v) is 3.37. The molecule has 0 saturated carbocycles. The molecule has 2 rings (SSSR count). The second-order valence-electron chi connectivity index (χ2n) is 4.67. The number of nitrogens with one attached hydrogen (secondary N) is 1. The van der Waals surface area contributed by atoms with Crippen LogP contribution in [0.25, 0.3) is 0 Å². The maximum absolute atomic E-state index is 8.79. The van der Waals surface area contributed by atoms with Crippen LogP contribution in [0.3, 0.4) is 0 Å². The molecule has 1 aromatic rings. The van der Waals surface area contributed by atoms with Gasteiger partial charge in [-0.3, -0.25) is 0 Å². The molecule has 4 heteroatoms. The lowest BCUT2D eigenvalue weighted by Crippen LogP contribution is -2.55. The van der Waals surface area contributed by atoms with E-state index < -0.39 is 0 Å². The van der Waals surface area contributed by atoms with Gasteiger partial charge in [-0.05, 0) is 19.1 Å². The van der Waals surface area contributed by atoms with Crippen molar-refractivity contribution >= 4 is 5.69 Å². The Hall–Kier alpha value is -1.73. The average Bonchev–Trinajstić information content (AvgIpc) is 2.41. The van der Waals surface area contributed by atoms with Crippen molar-refractivity contribution in [2.24, 2.45) is 0 Å². The first kappa shape index (κ1) is 12.7. The number of piperazine rings is 1. The van der Waals surface area contributed by atoms with E-state index in [4.69, 9.17) is 10.00 Å². The smallest absolute Gasteiger partial charge is 0.120 e. The Balaban J connectivity index is 2.16. The van der Waals surface area contributed by atoms with Crippen LogP contribution >= 0.6 is 0 Å². The number of nitrogens with zero attached hydrogens (tertiary/aromatic N) is 2. The van der Waals surface area contributed by atoms with Crippen LogP contribution in [0.15, 0.2) is 24.3 Å². The lowest BCUT2D eigenvalue weighted by molar-refractivity contribution is 0.404. The van der Waals surface area contributed by atoms with Crippen molar-refractivity contribution in [3.05, 3.63) is 24.3 Å². The first-order valence-corrected chi connectivity index (χ1v) is 6.25. The van der Waals surface area contributed by atoms with E-state index in [1.54, 1.807) is 7.11 Å². The Labute approximate surface area is 108 Å². The van der Waals surface area contributed by atoms with Crippen LogP contribution in [0.5, 0.6) is 5.75 Å². The normalized spacial score (nSPS) is 23.5. The van der Waals surface area contributed by atoms with E-state index in [-0.39, 0.29) is 6.04 Å². The number of hydrogen-bond acceptors (Lipinski definition) is 4. The number of rotatable bonds is 3. The molecule has 0 spiro atoms. The van der Waals surface area contributed by atoms with E-state index in [0.29, 0.717) is 12.5 Å². The van der Waals surface area contributed by atoms with Gasteiger partial charge in [-0.1, -0.05) is 6.07 Å². The predicted octanol–water partition coefficient (Wildman–Crippen LogP) is 1.78. The first-order chi connectivity index (χ1) is 8.74. The molecular formula is C14H19N3O. The molecule has 1 heterocycles. The van der Waals surface area contributed by atoms with E-state index in [1.165, 1.54) is 0 Å². The predicted molar refractivity (Wildman–Crippen MR) is 71.8 cm³/mol. The van der Waals surface area contributed by atoms with Crippen molar-refractivity contribution in [1.82, 2.24) is 5.32 Å². The lowest BCUT2D eigenvalue weighted by atomic mass is 10.1. The van der Waals surface area contributed by atoms with Gasteiger partial charge < -0.3 is 15.0 Å². The summed E-state index contributed by atoms with van der Waals surface area (Å²) in [5.41, 5.74) is 1.16. The Morgan fingerprint density at radius 2 is 2.39 bits per heavy atom. The molecular weight excluding hydrogens is 226 g/mol. The first-order valence-electron chi connectivity index (χ1n) is 6.25. The van der Waals surface area contributed by atoms with Crippen LogP contribution in [-0.4, -0.2) is 32.3 Å². The molecule has 4 nitrogen and oxygen atoms in total. The summed E-state index contributed by atoms with van der Waals surface area (Å²) in [6, 6.07) is 11.0. The maximum Gasteiger partial charge on any atom is 0.120 e. The second kappa shape index (κ2) is 5.74. The van der Waals surface area contributed by atoms with Gasteiger partial charge in [-0.2, -0.15) is 5.26 Å². The fourth-order valence-corrected chi connectivity index (χ4v) is 2.33. The van der Waals surface area contributed by atoms with Gasteiger partial charge in [-0.15, -0.1) is 0 Å². The minimum Gasteiger partial charge on any atom is -0.497 e. The monoisotopic (exact) mass is 245 g/mol. The Kier molecular flexibility index (Phi) is 4.06. The zero-order valence-electron chi connectivity index (χ0n) is 10.9. The molecule has 1 aromatic carbocycles. The standard InChI is InChI=1S/C14H19N3O/c1-11-9-16-12(6-7-15)10-17(11)13-4-3-5-14(8-13)18-2/h3-5,8,11-12,16H,6,9-10H2,1-2H3. The highest BCUT2D eigenvalue weighted by Gasteiger charge is 2.25. The molecule has 0 radical (unpaired) electrons. The van der Waals surface area contributed by atoms with Gasteiger partial charge in [0.1, 0.15) is 5.75 Å². The van der Waals surface area contributed by atoms with Gasteiger partial charge in [0.25, 0.3) is 0 Å². The number of benzene rings is 1. The molecule has 1 saturated heterocycles. The minimum absolute atomic E-state index is 0.248. The van der Waals surface area contributed by atoms with Crippen molar-refractivity contribution in [2.75, 3.05) is 25.1 Å². The Morgan fingerprint density at radius 3 is 3.11 bits per heavy atom. The van der Waals surface area contributed by atoms with Crippen LogP contribution < -0.4 is 15.0 Å². The summed E-state index contributed by atoms with van der Waals surface area (Å²) in [6.07, 6.45) is 0.549. The van der Waals surface area contributed by atoms with Crippen LogP contribution in [-0.2, 0) is 0 Å². The molecule has 18 heavy (non-hydrogen) atoms. The zero-order valence-corrected chi connectivity index (χ0v) is 10.9. The van der Waals surface area contributed by atoms with E-state index in [9.17, 15) is 0 Å². The van der Waals surface area contributed by atoms with Gasteiger partial charge >= 0.3 is 0 Å². The fourth-order valence-electron chi connectivity index (χ4n) is 2.33. The number of ether oxygens (including phenoxy) is 1. The van der Waals surface area contributed by atoms with Crippen molar-refractivity contribution in [2.45, 2.75) is 25.4 Å². The molecule has 1 fully saturated rings. The molecule has 2 atom stereocenters. The van der Waals surface area contributed by atoms with Crippen molar-refractivity contribution in [3.63, 3.8) is 0 Å². The molecule has 1 aliphatic heterocycles. The molecule has 0 aliphatic carbocycles. The summed E-state index contributed by atoms with van der Waals surface area (Å²) in [5.74, 6) is 0.870. The van der Waals surface area contributed by atoms with E-state index in [0.717, 1.165) is 24.5 Å². The average molecular weight is 245 g/mol. The van der Waals surface area contributed by atoms with Gasteiger partial charge in [0.05, 0.1) is 19.6 Å². The third kappa shape index (κ3) is 2.74. The summed E-state index contributed by atoms with van der Waals surface area (Å²) >= 11 is 0. The summed E-state index contributed by atoms with van der Waals surface area (Å²) < 4.78 is 5.26. The summed E-state index contributed by atoms with van der Waals surface area (Å²) in [6.45, 7) is 3.96. The second-order valence-corrected chi connectivity index (χ2v) is 4.67. The highest BCUT2D eigenvalue weighted by molar-refractivity contribution is 5.52. The summed E-state index contributed by atoms with van der Waals surface area (Å²) in [7, 11) is 1.68. The van der Waals surface area contributed by atoms with Crippen molar-refractivity contribution < 1.29 is 4.74 Å². The van der Waals surface area contributed by atoms with Crippen LogP contribution in [0.1, 0.15) is 13.3 Å². The zero-order chi connectivity index (χ0) is 13.0. The van der Waals surface area contributed by atoms with Crippen LogP contribution in [0.4, 0.5) is 5.69 Å². The highest BCUT2D eigenvalue weighted by Crippen LogP contribution is 2.24. The molecule has 0 aromatic heterocycles. The molecule has 0 bridgehead atoms. The quantitative estimate of drug-likeness (QED) is 0.881. The number of hydrogen-bond donors (Lipinski definition) is 1. The minimum atomic E-state index is 0.248. The molecule has 0 amide bonds. The molecule has 1 aliphatic rings. The van der Waals surface area contributed by atoms with E-state index in [1.807, 2.05) is 18.2 Å². The third-order valence-electron chi connectivity index (χ3n) is 3.37. The van der Waals surface area contributed by atoms with Crippen molar-refractivity contribution in [1.29, 1.82) is 5.26 Å².